The van der Waals surface area contributed by atoms with Crippen molar-refractivity contribution < 1.29 is 9.52 Å². The lowest BCUT2D eigenvalue weighted by Gasteiger charge is -2.31. The molecule has 1 saturated heterocycles. The molecule has 2 aromatic carbocycles. The van der Waals surface area contributed by atoms with Gasteiger partial charge in [-0.2, -0.15) is 0 Å². The molecule has 1 atom stereocenters. The largest absolute Gasteiger partial charge is 0.507 e. The molecule has 0 aliphatic carbocycles. The van der Waals surface area contributed by atoms with Crippen molar-refractivity contribution in [3.8, 4) is 16.9 Å². The number of phenols is 1. The number of hydrogen-bond donors (Lipinski definition) is 1. The van der Waals surface area contributed by atoms with E-state index in [0.29, 0.717) is 34.6 Å². The predicted molar refractivity (Wildman–Crippen MR) is 103 cm³/mol. The molecule has 1 aliphatic heterocycles. The topological polar surface area (TPSA) is 53.7 Å². The van der Waals surface area contributed by atoms with E-state index in [2.05, 4.69) is 11.8 Å². The Labute approximate surface area is 152 Å². The van der Waals surface area contributed by atoms with Crippen LogP contribution in [0.4, 0.5) is 0 Å². The highest BCUT2D eigenvalue weighted by atomic mass is 16.3. The number of phenolic OH excluding ortho intramolecular Hbond substituents is 1. The van der Waals surface area contributed by atoms with E-state index in [0.717, 1.165) is 25.1 Å². The van der Waals surface area contributed by atoms with Crippen molar-refractivity contribution in [3.05, 3.63) is 64.5 Å². The van der Waals surface area contributed by atoms with Crippen LogP contribution in [0.1, 0.15) is 25.3 Å². The van der Waals surface area contributed by atoms with Crippen LogP contribution in [-0.2, 0) is 6.54 Å². The van der Waals surface area contributed by atoms with Crippen molar-refractivity contribution in [1.82, 2.24) is 4.90 Å². The van der Waals surface area contributed by atoms with Crippen molar-refractivity contribution in [1.29, 1.82) is 0 Å². The Balaban J connectivity index is 1.78. The summed E-state index contributed by atoms with van der Waals surface area (Å²) in [6.45, 7) is 4.86. The minimum Gasteiger partial charge on any atom is -0.507 e. The van der Waals surface area contributed by atoms with Gasteiger partial charge in [-0.1, -0.05) is 37.3 Å². The second-order valence-electron chi connectivity index (χ2n) is 7.27. The third-order valence-electron chi connectivity index (χ3n) is 5.23. The normalized spacial score (nSPS) is 18.3. The average molecular weight is 349 g/mol. The fraction of sp³-hybridized carbons (Fsp3) is 0.318. The zero-order valence-electron chi connectivity index (χ0n) is 14.9. The van der Waals surface area contributed by atoms with E-state index >= 15 is 0 Å². The van der Waals surface area contributed by atoms with Gasteiger partial charge < -0.3 is 9.52 Å². The lowest BCUT2D eigenvalue weighted by atomic mass is 9.99. The van der Waals surface area contributed by atoms with Gasteiger partial charge in [-0.15, -0.1) is 0 Å². The Morgan fingerprint density at radius 2 is 2.00 bits per heavy atom. The zero-order valence-corrected chi connectivity index (χ0v) is 14.9. The van der Waals surface area contributed by atoms with Gasteiger partial charge in [-0.3, -0.25) is 9.69 Å². The Morgan fingerprint density at radius 3 is 2.77 bits per heavy atom. The molecule has 26 heavy (non-hydrogen) atoms. The molecule has 0 bridgehead atoms. The first-order valence-electron chi connectivity index (χ1n) is 9.17. The van der Waals surface area contributed by atoms with Crippen LogP contribution in [0.15, 0.2) is 57.9 Å². The summed E-state index contributed by atoms with van der Waals surface area (Å²) in [7, 11) is 0. The summed E-state index contributed by atoms with van der Waals surface area (Å²) in [6, 6.07) is 12.8. The summed E-state index contributed by atoms with van der Waals surface area (Å²) in [5.41, 5.74) is 2.51. The number of hydrogen-bond acceptors (Lipinski definition) is 4. The molecule has 0 amide bonds. The molecular weight excluding hydrogens is 326 g/mol. The van der Waals surface area contributed by atoms with Crippen LogP contribution in [0.3, 0.4) is 0 Å². The summed E-state index contributed by atoms with van der Waals surface area (Å²) >= 11 is 0. The Bertz CT molecular complexity index is 978. The van der Waals surface area contributed by atoms with Crippen molar-refractivity contribution in [2.75, 3.05) is 13.1 Å². The molecule has 2 heterocycles. The molecule has 4 heteroatoms. The number of rotatable bonds is 3. The van der Waals surface area contributed by atoms with Crippen LogP contribution >= 0.6 is 0 Å². The van der Waals surface area contributed by atoms with Crippen LogP contribution in [-0.4, -0.2) is 23.1 Å². The second kappa shape index (κ2) is 6.96. The first kappa shape index (κ1) is 16.9. The summed E-state index contributed by atoms with van der Waals surface area (Å²) < 4.78 is 5.87. The Morgan fingerprint density at radius 1 is 1.19 bits per heavy atom. The molecule has 1 fully saturated rings. The van der Waals surface area contributed by atoms with Crippen LogP contribution in [0, 0.1) is 5.92 Å². The Hall–Kier alpha value is -2.59. The van der Waals surface area contributed by atoms with Gasteiger partial charge in [-0.05, 0) is 43.0 Å². The molecule has 4 nitrogen and oxygen atoms in total. The quantitative estimate of drug-likeness (QED) is 0.761. The number of fused-ring (bicyclic) bond motifs is 1. The Kier molecular flexibility index (Phi) is 4.51. The van der Waals surface area contributed by atoms with Crippen molar-refractivity contribution in [2.45, 2.75) is 26.3 Å². The van der Waals surface area contributed by atoms with E-state index in [1.807, 2.05) is 30.3 Å². The highest BCUT2D eigenvalue weighted by molar-refractivity contribution is 5.85. The minimum absolute atomic E-state index is 0.0642. The summed E-state index contributed by atoms with van der Waals surface area (Å²) in [5.74, 6) is 0.837. The highest BCUT2D eigenvalue weighted by Crippen LogP contribution is 2.30. The fourth-order valence-corrected chi connectivity index (χ4v) is 3.87. The van der Waals surface area contributed by atoms with Crippen LogP contribution in [0.5, 0.6) is 5.75 Å². The van der Waals surface area contributed by atoms with Gasteiger partial charge in [0.15, 0.2) is 0 Å². The second-order valence-corrected chi connectivity index (χ2v) is 7.27. The van der Waals surface area contributed by atoms with E-state index < -0.39 is 0 Å². The molecule has 1 aliphatic rings. The smallest absolute Gasteiger partial charge is 0.200 e. The monoisotopic (exact) mass is 349 g/mol. The van der Waals surface area contributed by atoms with Gasteiger partial charge >= 0.3 is 0 Å². The lowest BCUT2D eigenvalue weighted by molar-refractivity contribution is 0.175. The maximum Gasteiger partial charge on any atom is 0.200 e. The molecule has 0 saturated carbocycles. The van der Waals surface area contributed by atoms with E-state index in [1.165, 1.54) is 12.7 Å². The molecule has 3 aromatic rings. The van der Waals surface area contributed by atoms with E-state index in [9.17, 15) is 9.90 Å². The third-order valence-corrected chi connectivity index (χ3v) is 5.23. The van der Waals surface area contributed by atoms with Crippen LogP contribution in [0.2, 0.25) is 0 Å². The third kappa shape index (κ3) is 3.13. The van der Waals surface area contributed by atoms with Crippen molar-refractivity contribution >= 4 is 11.0 Å². The van der Waals surface area contributed by atoms with E-state index in [-0.39, 0.29) is 11.2 Å². The summed E-state index contributed by atoms with van der Waals surface area (Å²) in [5, 5.41) is 10.9. The van der Waals surface area contributed by atoms with Gasteiger partial charge in [0.25, 0.3) is 0 Å². The number of aromatic hydroxyl groups is 1. The number of nitrogens with zero attached hydrogens (tertiary/aromatic N) is 1. The number of likely N-dealkylation sites (tertiary alicyclic amines) is 1. The van der Waals surface area contributed by atoms with Crippen LogP contribution < -0.4 is 5.43 Å². The molecule has 1 aromatic heterocycles. The molecule has 4 rings (SSSR count). The molecule has 0 unspecified atom stereocenters. The summed E-state index contributed by atoms with van der Waals surface area (Å²) in [4.78, 5) is 15.3. The minimum atomic E-state index is -0.0642. The van der Waals surface area contributed by atoms with Crippen molar-refractivity contribution in [3.63, 3.8) is 0 Å². The lowest BCUT2D eigenvalue weighted by Crippen LogP contribution is -2.33. The van der Waals surface area contributed by atoms with Gasteiger partial charge in [-0.25, -0.2) is 0 Å². The molecule has 134 valence electrons. The SMILES string of the molecule is C[C@H]1CCCN(Cc2c(O)ccc3c(=O)c(-c4ccccc4)coc23)C1. The fourth-order valence-electron chi connectivity index (χ4n) is 3.87. The molecule has 0 spiro atoms. The molecule has 0 radical (unpaired) electrons. The van der Waals surface area contributed by atoms with Gasteiger partial charge in [0.1, 0.15) is 17.6 Å². The standard InChI is InChI=1S/C22H23NO3/c1-15-6-5-11-23(12-15)13-18-20(24)10-9-17-21(25)19(14-26-22(17)18)16-7-3-2-4-8-16/h2-4,7-10,14-15,24H,5-6,11-13H2,1H3/t15-/m0/s1. The first-order chi connectivity index (χ1) is 12.6. The van der Waals surface area contributed by atoms with Gasteiger partial charge in [0, 0.05) is 13.1 Å². The zero-order chi connectivity index (χ0) is 18.1. The van der Waals surface area contributed by atoms with Gasteiger partial charge in [0.05, 0.1) is 16.5 Å². The summed E-state index contributed by atoms with van der Waals surface area (Å²) in [6.07, 6.45) is 3.92. The molecule has 1 N–H and O–H groups in total. The average Bonchev–Trinajstić information content (AvgIpc) is 2.65. The first-order valence-corrected chi connectivity index (χ1v) is 9.17. The van der Waals surface area contributed by atoms with Gasteiger partial charge in [0.2, 0.25) is 5.43 Å². The van der Waals surface area contributed by atoms with E-state index in [1.54, 1.807) is 12.1 Å². The highest BCUT2D eigenvalue weighted by Gasteiger charge is 2.21. The number of piperidine rings is 1. The maximum absolute atomic E-state index is 13.0. The number of benzene rings is 2. The predicted octanol–water partition coefficient (Wildman–Crippen LogP) is 4.40. The van der Waals surface area contributed by atoms with E-state index in [4.69, 9.17) is 4.42 Å². The molecular formula is C22H23NO3. The van der Waals surface area contributed by atoms with Crippen molar-refractivity contribution in [2.24, 2.45) is 5.92 Å². The maximum atomic E-state index is 13.0. The van der Waals surface area contributed by atoms with Crippen LogP contribution in [0.25, 0.3) is 22.1 Å².